The number of nitrogens with zero attached hydrogens (tertiary/aromatic N) is 2. The largest absolute Gasteiger partial charge is 0.372 e. The quantitative estimate of drug-likeness (QED) is 0.678. The van der Waals surface area contributed by atoms with Gasteiger partial charge in [-0.05, 0) is 32.9 Å². The number of fused-ring (bicyclic) bond motifs is 1. The number of aromatic nitrogens is 1. The number of morpholine rings is 1. The molecule has 1 aromatic heterocycles. The number of carbonyl (C=O) groups excluding carboxylic acids is 1. The van der Waals surface area contributed by atoms with Crippen LogP contribution in [0.25, 0.3) is 22.2 Å². The van der Waals surface area contributed by atoms with Crippen molar-refractivity contribution in [1.82, 2.24) is 9.88 Å². The molecule has 0 aliphatic carbocycles. The third kappa shape index (κ3) is 3.58. The maximum atomic E-state index is 13.4. The van der Waals surface area contributed by atoms with E-state index in [9.17, 15) is 4.79 Å². The monoisotopic (exact) mass is 360 g/mol. The van der Waals surface area contributed by atoms with E-state index in [-0.39, 0.29) is 18.1 Å². The van der Waals surface area contributed by atoms with E-state index in [1.165, 1.54) is 5.56 Å². The Labute approximate surface area is 159 Å². The van der Waals surface area contributed by atoms with E-state index >= 15 is 0 Å². The van der Waals surface area contributed by atoms with Gasteiger partial charge in [-0.3, -0.25) is 4.79 Å². The van der Waals surface area contributed by atoms with Gasteiger partial charge in [0.2, 0.25) is 0 Å². The van der Waals surface area contributed by atoms with Crippen molar-refractivity contribution in [2.24, 2.45) is 0 Å². The number of ether oxygens (including phenoxy) is 1. The van der Waals surface area contributed by atoms with E-state index in [1.807, 2.05) is 49.1 Å². The molecular weight excluding hydrogens is 336 g/mol. The Balaban J connectivity index is 1.81. The number of pyridine rings is 1. The summed E-state index contributed by atoms with van der Waals surface area (Å²) < 4.78 is 5.79. The average Bonchev–Trinajstić information content (AvgIpc) is 2.66. The van der Waals surface area contributed by atoms with E-state index in [4.69, 9.17) is 9.72 Å². The zero-order valence-corrected chi connectivity index (χ0v) is 16.0. The van der Waals surface area contributed by atoms with Gasteiger partial charge in [-0.25, -0.2) is 4.98 Å². The summed E-state index contributed by atoms with van der Waals surface area (Å²) in [4.78, 5) is 20.1. The highest BCUT2D eigenvalue weighted by molar-refractivity contribution is 6.07. The van der Waals surface area contributed by atoms with Crippen molar-refractivity contribution in [3.05, 3.63) is 65.7 Å². The lowest BCUT2D eigenvalue weighted by atomic mass is 10.0. The van der Waals surface area contributed by atoms with Gasteiger partial charge in [0.1, 0.15) is 0 Å². The van der Waals surface area contributed by atoms with Crippen LogP contribution in [0.4, 0.5) is 0 Å². The minimum atomic E-state index is 0.0439. The molecule has 138 valence electrons. The van der Waals surface area contributed by atoms with Crippen LogP contribution < -0.4 is 0 Å². The Bertz CT molecular complexity index is 971. The first-order valence-electron chi connectivity index (χ1n) is 9.43. The molecule has 1 fully saturated rings. The van der Waals surface area contributed by atoms with Crippen molar-refractivity contribution >= 4 is 16.8 Å². The van der Waals surface area contributed by atoms with E-state index in [0.29, 0.717) is 18.7 Å². The lowest BCUT2D eigenvalue weighted by Gasteiger charge is -2.35. The fraction of sp³-hybridized carbons (Fsp3) is 0.304. The highest BCUT2D eigenvalue weighted by Crippen LogP contribution is 2.27. The van der Waals surface area contributed by atoms with Crippen LogP contribution >= 0.6 is 0 Å². The molecule has 0 unspecified atom stereocenters. The van der Waals surface area contributed by atoms with Crippen LogP contribution in [-0.4, -0.2) is 41.1 Å². The van der Waals surface area contributed by atoms with Crippen LogP contribution in [0, 0.1) is 6.92 Å². The predicted molar refractivity (Wildman–Crippen MR) is 108 cm³/mol. The molecule has 4 heteroatoms. The first-order chi connectivity index (χ1) is 13.0. The Morgan fingerprint density at radius 2 is 1.70 bits per heavy atom. The Morgan fingerprint density at radius 1 is 1.04 bits per heavy atom. The molecule has 2 heterocycles. The van der Waals surface area contributed by atoms with Crippen molar-refractivity contribution in [2.75, 3.05) is 13.1 Å². The van der Waals surface area contributed by atoms with Gasteiger partial charge in [-0.2, -0.15) is 0 Å². The van der Waals surface area contributed by atoms with Crippen molar-refractivity contribution in [2.45, 2.75) is 33.0 Å². The number of para-hydroxylation sites is 1. The van der Waals surface area contributed by atoms with Crippen molar-refractivity contribution in [3.63, 3.8) is 0 Å². The summed E-state index contributed by atoms with van der Waals surface area (Å²) in [5.74, 6) is 0.0453. The lowest BCUT2D eigenvalue weighted by Crippen LogP contribution is -2.48. The molecule has 1 amide bonds. The van der Waals surface area contributed by atoms with Gasteiger partial charge in [0.25, 0.3) is 5.91 Å². The molecular formula is C23H24N2O2. The first-order valence-corrected chi connectivity index (χ1v) is 9.43. The number of amides is 1. The van der Waals surface area contributed by atoms with Crippen LogP contribution in [0.2, 0.25) is 0 Å². The minimum Gasteiger partial charge on any atom is -0.372 e. The summed E-state index contributed by atoms with van der Waals surface area (Å²) in [6, 6.07) is 18.0. The standard InChI is InChI=1S/C23H24N2O2/c1-15-8-10-18(11-9-15)22-12-20(19-6-4-5-7-21(19)24-22)23(26)25-13-16(2)27-17(3)14-25/h4-12,16-17H,13-14H2,1-3H3/t16-,17-/m1/s1. The normalized spacial score (nSPS) is 20.0. The minimum absolute atomic E-state index is 0.0439. The van der Waals surface area contributed by atoms with Gasteiger partial charge in [0, 0.05) is 24.0 Å². The molecule has 1 saturated heterocycles. The highest BCUT2D eigenvalue weighted by Gasteiger charge is 2.28. The Hall–Kier alpha value is -2.72. The molecule has 3 aromatic rings. The Kier molecular flexibility index (Phi) is 4.66. The van der Waals surface area contributed by atoms with E-state index in [1.54, 1.807) is 0 Å². The van der Waals surface area contributed by atoms with Gasteiger partial charge < -0.3 is 9.64 Å². The number of carbonyl (C=O) groups is 1. The number of hydrogen-bond donors (Lipinski definition) is 0. The molecule has 1 aliphatic heterocycles. The predicted octanol–water partition coefficient (Wildman–Crippen LogP) is 4.46. The van der Waals surface area contributed by atoms with Gasteiger partial charge in [-0.1, -0.05) is 48.0 Å². The van der Waals surface area contributed by atoms with Crippen LogP contribution in [0.1, 0.15) is 29.8 Å². The molecule has 0 radical (unpaired) electrons. The van der Waals surface area contributed by atoms with Crippen molar-refractivity contribution < 1.29 is 9.53 Å². The fourth-order valence-corrected chi connectivity index (χ4v) is 3.74. The third-order valence-corrected chi connectivity index (χ3v) is 5.00. The van der Waals surface area contributed by atoms with Gasteiger partial charge in [0.15, 0.2) is 0 Å². The second-order valence-electron chi connectivity index (χ2n) is 7.41. The third-order valence-electron chi connectivity index (χ3n) is 5.00. The summed E-state index contributed by atoms with van der Waals surface area (Å²) in [6.45, 7) is 7.31. The van der Waals surface area contributed by atoms with Crippen molar-refractivity contribution in [3.8, 4) is 11.3 Å². The first kappa shape index (κ1) is 17.7. The van der Waals surface area contributed by atoms with Crippen LogP contribution in [0.15, 0.2) is 54.6 Å². The number of hydrogen-bond acceptors (Lipinski definition) is 3. The molecule has 1 aliphatic rings. The maximum Gasteiger partial charge on any atom is 0.254 e. The van der Waals surface area contributed by atoms with Gasteiger partial charge in [-0.15, -0.1) is 0 Å². The molecule has 4 rings (SSSR count). The lowest BCUT2D eigenvalue weighted by molar-refractivity contribution is -0.0585. The summed E-state index contributed by atoms with van der Waals surface area (Å²) >= 11 is 0. The summed E-state index contributed by atoms with van der Waals surface area (Å²) in [5.41, 5.74) is 4.59. The number of rotatable bonds is 2. The molecule has 0 spiro atoms. The number of benzene rings is 2. The highest BCUT2D eigenvalue weighted by atomic mass is 16.5. The zero-order valence-electron chi connectivity index (χ0n) is 16.0. The fourth-order valence-electron chi connectivity index (χ4n) is 3.74. The van der Waals surface area contributed by atoms with Crippen LogP contribution in [0.5, 0.6) is 0 Å². The molecule has 2 atom stereocenters. The average molecular weight is 360 g/mol. The second kappa shape index (κ2) is 7.12. The van der Waals surface area contributed by atoms with Gasteiger partial charge >= 0.3 is 0 Å². The topological polar surface area (TPSA) is 42.4 Å². The molecule has 0 saturated carbocycles. The van der Waals surface area contributed by atoms with E-state index in [2.05, 4.69) is 31.2 Å². The maximum absolute atomic E-state index is 13.4. The Morgan fingerprint density at radius 3 is 2.41 bits per heavy atom. The smallest absolute Gasteiger partial charge is 0.254 e. The van der Waals surface area contributed by atoms with Gasteiger partial charge in [0.05, 0.1) is 29.0 Å². The number of aryl methyl sites for hydroxylation is 1. The summed E-state index contributed by atoms with van der Waals surface area (Å²) in [6.07, 6.45) is 0.0877. The SMILES string of the molecule is Cc1ccc(-c2cc(C(=O)N3C[C@@H](C)O[C@H](C)C3)c3ccccc3n2)cc1. The summed E-state index contributed by atoms with van der Waals surface area (Å²) in [7, 11) is 0. The molecule has 4 nitrogen and oxygen atoms in total. The molecule has 0 bridgehead atoms. The summed E-state index contributed by atoms with van der Waals surface area (Å²) in [5, 5.41) is 0.894. The van der Waals surface area contributed by atoms with Crippen LogP contribution in [0.3, 0.4) is 0 Å². The molecule has 27 heavy (non-hydrogen) atoms. The van der Waals surface area contributed by atoms with Crippen LogP contribution in [-0.2, 0) is 4.74 Å². The molecule has 2 aromatic carbocycles. The van der Waals surface area contributed by atoms with E-state index in [0.717, 1.165) is 22.2 Å². The van der Waals surface area contributed by atoms with Crippen molar-refractivity contribution in [1.29, 1.82) is 0 Å². The van der Waals surface area contributed by atoms with E-state index < -0.39 is 0 Å². The zero-order chi connectivity index (χ0) is 19.0. The molecule has 0 N–H and O–H groups in total. The second-order valence-corrected chi connectivity index (χ2v) is 7.41.